The molecule has 0 amide bonds. The van der Waals surface area contributed by atoms with Crippen molar-refractivity contribution in [3.8, 4) is 5.75 Å². The van der Waals surface area contributed by atoms with E-state index in [9.17, 15) is 21.6 Å². The maximum Gasteiger partial charge on any atom is 0.573 e. The number of hydrogen-bond donors (Lipinski definition) is 1. The van der Waals surface area contributed by atoms with Gasteiger partial charge in [-0.1, -0.05) is 24.3 Å². The summed E-state index contributed by atoms with van der Waals surface area (Å²) < 4.78 is 67.3. The van der Waals surface area contributed by atoms with Crippen LogP contribution in [0.25, 0.3) is 0 Å². The van der Waals surface area contributed by atoms with Crippen molar-refractivity contribution in [3.63, 3.8) is 0 Å². The van der Waals surface area contributed by atoms with Crippen LogP contribution in [0.1, 0.15) is 24.1 Å². The molecular formula is C16H16F3NO3S. The van der Waals surface area contributed by atoms with E-state index in [-0.39, 0.29) is 4.90 Å². The number of halogens is 3. The Morgan fingerprint density at radius 3 is 2.17 bits per heavy atom. The molecule has 1 atom stereocenters. The number of hydrogen-bond acceptors (Lipinski definition) is 3. The Kier molecular flexibility index (Phi) is 5.19. The van der Waals surface area contributed by atoms with Crippen LogP contribution in [0.15, 0.2) is 53.4 Å². The summed E-state index contributed by atoms with van der Waals surface area (Å²) in [6.07, 6.45) is -4.82. The van der Waals surface area contributed by atoms with Gasteiger partial charge in [-0.2, -0.15) is 0 Å². The van der Waals surface area contributed by atoms with Crippen LogP contribution in [-0.4, -0.2) is 14.8 Å². The van der Waals surface area contributed by atoms with E-state index in [0.717, 1.165) is 35.4 Å². The number of rotatable bonds is 5. The first-order valence-electron chi connectivity index (χ1n) is 7.02. The SMILES string of the molecule is Cc1ccccc1[C@@H](C)NS(=O)(=O)c1ccc(OC(F)(F)F)cc1. The van der Waals surface area contributed by atoms with E-state index < -0.39 is 28.2 Å². The highest BCUT2D eigenvalue weighted by Crippen LogP contribution is 2.25. The lowest BCUT2D eigenvalue weighted by molar-refractivity contribution is -0.274. The molecule has 1 N–H and O–H groups in total. The molecule has 0 fully saturated rings. The van der Waals surface area contributed by atoms with Crippen LogP contribution in [0.2, 0.25) is 0 Å². The predicted octanol–water partition coefficient (Wildman–Crippen LogP) is 3.93. The second-order valence-electron chi connectivity index (χ2n) is 5.22. The molecule has 0 unspecified atom stereocenters. The van der Waals surface area contributed by atoms with Gasteiger partial charge in [0.2, 0.25) is 10.0 Å². The minimum absolute atomic E-state index is 0.141. The van der Waals surface area contributed by atoms with Crippen LogP contribution in [0.5, 0.6) is 5.75 Å². The number of sulfonamides is 1. The Labute approximate surface area is 138 Å². The van der Waals surface area contributed by atoms with Crippen molar-refractivity contribution in [2.45, 2.75) is 31.1 Å². The molecule has 0 saturated carbocycles. The van der Waals surface area contributed by atoms with Crippen molar-refractivity contribution in [2.75, 3.05) is 0 Å². The molecule has 0 aliphatic heterocycles. The van der Waals surface area contributed by atoms with Gasteiger partial charge in [0.05, 0.1) is 4.90 Å². The van der Waals surface area contributed by atoms with Gasteiger partial charge in [0.1, 0.15) is 5.75 Å². The lowest BCUT2D eigenvalue weighted by atomic mass is 10.0. The zero-order valence-electron chi connectivity index (χ0n) is 13.0. The van der Waals surface area contributed by atoms with Gasteiger partial charge < -0.3 is 4.74 Å². The first-order chi connectivity index (χ1) is 11.1. The highest BCUT2D eigenvalue weighted by atomic mass is 32.2. The first kappa shape index (κ1) is 18.3. The zero-order valence-corrected chi connectivity index (χ0v) is 13.8. The second kappa shape index (κ2) is 6.82. The first-order valence-corrected chi connectivity index (χ1v) is 8.50. The number of benzene rings is 2. The Hall–Kier alpha value is -2.06. The van der Waals surface area contributed by atoms with Crippen LogP contribution >= 0.6 is 0 Å². The van der Waals surface area contributed by atoms with E-state index in [4.69, 9.17) is 0 Å². The lowest BCUT2D eigenvalue weighted by Crippen LogP contribution is -2.27. The Bertz CT molecular complexity index is 802. The fourth-order valence-corrected chi connectivity index (χ4v) is 3.48. The molecule has 2 aromatic carbocycles. The van der Waals surface area contributed by atoms with Crippen molar-refractivity contribution in [2.24, 2.45) is 0 Å². The van der Waals surface area contributed by atoms with Gasteiger partial charge in [-0.3, -0.25) is 0 Å². The fraction of sp³-hybridized carbons (Fsp3) is 0.250. The van der Waals surface area contributed by atoms with E-state index in [1.807, 2.05) is 25.1 Å². The predicted molar refractivity (Wildman–Crippen MR) is 83.0 cm³/mol. The highest BCUT2D eigenvalue weighted by Gasteiger charge is 2.31. The molecule has 24 heavy (non-hydrogen) atoms. The minimum Gasteiger partial charge on any atom is -0.406 e. The third-order valence-corrected chi connectivity index (χ3v) is 4.91. The monoisotopic (exact) mass is 359 g/mol. The van der Waals surface area contributed by atoms with Gasteiger partial charge in [0.25, 0.3) is 0 Å². The molecule has 4 nitrogen and oxygen atoms in total. The molecule has 0 aromatic heterocycles. The lowest BCUT2D eigenvalue weighted by Gasteiger charge is -2.17. The Balaban J connectivity index is 2.17. The average Bonchev–Trinajstić information content (AvgIpc) is 2.46. The van der Waals surface area contributed by atoms with Gasteiger partial charge in [0.15, 0.2) is 0 Å². The number of aryl methyl sites for hydroxylation is 1. The van der Waals surface area contributed by atoms with Crippen LogP contribution in [0.3, 0.4) is 0 Å². The number of ether oxygens (including phenoxy) is 1. The summed E-state index contributed by atoms with van der Waals surface area (Å²) in [6, 6.07) is 10.9. The van der Waals surface area contributed by atoms with Crippen molar-refractivity contribution in [1.82, 2.24) is 4.72 Å². The van der Waals surface area contributed by atoms with E-state index in [0.29, 0.717) is 0 Å². The van der Waals surface area contributed by atoms with Crippen LogP contribution < -0.4 is 9.46 Å². The molecule has 130 valence electrons. The summed E-state index contributed by atoms with van der Waals surface area (Å²) in [5.41, 5.74) is 1.75. The standard InChI is InChI=1S/C16H16F3NO3S/c1-11-5-3-4-6-15(11)12(2)20-24(21,22)14-9-7-13(8-10-14)23-16(17,18)19/h3-10,12,20H,1-2H3/t12-/m1/s1. The molecular weight excluding hydrogens is 343 g/mol. The summed E-state index contributed by atoms with van der Waals surface area (Å²) in [4.78, 5) is -0.141. The molecule has 0 saturated heterocycles. The van der Waals surface area contributed by atoms with Crippen LogP contribution in [-0.2, 0) is 10.0 Å². The van der Waals surface area contributed by atoms with Gasteiger partial charge in [-0.15, -0.1) is 13.2 Å². The van der Waals surface area contributed by atoms with Gasteiger partial charge in [-0.05, 0) is 49.2 Å². The average molecular weight is 359 g/mol. The highest BCUT2D eigenvalue weighted by molar-refractivity contribution is 7.89. The number of alkyl halides is 3. The zero-order chi connectivity index (χ0) is 18.0. The molecule has 0 aliphatic rings. The summed E-state index contributed by atoms with van der Waals surface area (Å²) in [6.45, 7) is 3.56. The smallest absolute Gasteiger partial charge is 0.406 e. The van der Waals surface area contributed by atoms with E-state index in [1.165, 1.54) is 0 Å². The van der Waals surface area contributed by atoms with Crippen molar-refractivity contribution in [3.05, 3.63) is 59.7 Å². The van der Waals surface area contributed by atoms with Crippen molar-refractivity contribution < 1.29 is 26.3 Å². The maximum atomic E-state index is 12.3. The molecule has 8 heteroatoms. The molecule has 0 bridgehead atoms. The minimum atomic E-state index is -4.82. The van der Waals surface area contributed by atoms with Gasteiger partial charge in [-0.25, -0.2) is 13.1 Å². The van der Waals surface area contributed by atoms with Crippen LogP contribution in [0.4, 0.5) is 13.2 Å². The topological polar surface area (TPSA) is 55.4 Å². The summed E-state index contributed by atoms with van der Waals surface area (Å²) in [5, 5.41) is 0. The maximum absolute atomic E-state index is 12.3. The van der Waals surface area contributed by atoms with Crippen molar-refractivity contribution >= 4 is 10.0 Å². The fourth-order valence-electron chi connectivity index (χ4n) is 2.26. The van der Waals surface area contributed by atoms with Gasteiger partial charge in [0, 0.05) is 6.04 Å². The normalized spacial score (nSPS) is 13.5. The third-order valence-electron chi connectivity index (χ3n) is 3.35. The molecule has 0 spiro atoms. The molecule has 2 rings (SSSR count). The van der Waals surface area contributed by atoms with Crippen molar-refractivity contribution in [1.29, 1.82) is 0 Å². The number of nitrogens with one attached hydrogen (secondary N) is 1. The summed E-state index contributed by atoms with van der Waals surface area (Å²) in [5.74, 6) is -0.478. The molecule has 0 radical (unpaired) electrons. The molecule has 0 heterocycles. The van der Waals surface area contributed by atoms with Gasteiger partial charge >= 0.3 is 6.36 Å². The third kappa shape index (κ3) is 4.72. The summed E-state index contributed by atoms with van der Waals surface area (Å²) >= 11 is 0. The Morgan fingerprint density at radius 2 is 1.62 bits per heavy atom. The van der Waals surface area contributed by atoms with E-state index in [2.05, 4.69) is 9.46 Å². The summed E-state index contributed by atoms with van der Waals surface area (Å²) in [7, 11) is -3.87. The van der Waals surface area contributed by atoms with E-state index >= 15 is 0 Å². The van der Waals surface area contributed by atoms with Crippen LogP contribution in [0, 0.1) is 6.92 Å². The second-order valence-corrected chi connectivity index (χ2v) is 6.93. The molecule has 0 aliphatic carbocycles. The van der Waals surface area contributed by atoms with E-state index in [1.54, 1.807) is 13.0 Å². The molecule has 2 aromatic rings. The quantitative estimate of drug-likeness (QED) is 0.880. The Morgan fingerprint density at radius 1 is 1.04 bits per heavy atom. The largest absolute Gasteiger partial charge is 0.573 e.